The van der Waals surface area contributed by atoms with E-state index >= 15 is 0 Å². The van der Waals surface area contributed by atoms with E-state index in [2.05, 4.69) is 25.8 Å². The van der Waals surface area contributed by atoms with Crippen molar-refractivity contribution in [1.82, 2.24) is 4.98 Å². The number of aromatic nitrogens is 1. The highest BCUT2D eigenvalue weighted by molar-refractivity contribution is 7.09. The summed E-state index contributed by atoms with van der Waals surface area (Å²) in [5, 5.41) is 3.08. The number of amides is 1. The zero-order valence-corrected chi connectivity index (χ0v) is 17.2. The number of benzene rings is 1. The van der Waals surface area contributed by atoms with Crippen molar-refractivity contribution < 1.29 is 4.79 Å². The average molecular weight is 402 g/mol. The van der Waals surface area contributed by atoms with Crippen LogP contribution < -0.4 is 10.6 Å². The van der Waals surface area contributed by atoms with Gasteiger partial charge in [-0.05, 0) is 30.5 Å². The Morgan fingerprint density at radius 2 is 2.04 bits per heavy atom. The zero-order valence-electron chi connectivity index (χ0n) is 14.7. The van der Waals surface area contributed by atoms with Crippen LogP contribution >= 0.6 is 36.2 Å². The molecule has 0 spiro atoms. The topological polar surface area (TPSA) is 59.2 Å². The first-order valence-electron chi connectivity index (χ1n) is 7.99. The smallest absolute Gasteiger partial charge is 0.233 e. The number of nitrogens with zero attached hydrogens (tertiary/aromatic N) is 2. The Labute approximate surface area is 165 Å². The molecule has 0 aliphatic carbocycles. The fourth-order valence-electron chi connectivity index (χ4n) is 2.89. The van der Waals surface area contributed by atoms with E-state index in [4.69, 9.17) is 5.73 Å². The molecule has 25 heavy (non-hydrogen) atoms. The van der Waals surface area contributed by atoms with Crippen molar-refractivity contribution in [2.45, 2.75) is 45.4 Å². The number of hydrogen-bond donors (Lipinski definition) is 1. The molecule has 1 aromatic heterocycles. The Morgan fingerprint density at radius 1 is 1.32 bits per heavy atom. The Hall–Kier alpha value is -1.30. The van der Waals surface area contributed by atoms with Crippen molar-refractivity contribution in [3.05, 3.63) is 39.8 Å². The highest BCUT2D eigenvalue weighted by Crippen LogP contribution is 2.32. The SMILES string of the molecule is CC(C)(C)c1nc(CC(=O)N2CCCc3c(N)cccc32)cs1.Cl.Cl. The fraction of sp³-hybridized carbons (Fsp3) is 0.444. The molecule has 0 fully saturated rings. The van der Waals surface area contributed by atoms with Crippen LogP contribution in [0.4, 0.5) is 11.4 Å². The van der Waals surface area contributed by atoms with E-state index in [1.165, 1.54) is 0 Å². The van der Waals surface area contributed by atoms with Gasteiger partial charge in [-0.25, -0.2) is 4.98 Å². The highest BCUT2D eigenvalue weighted by atomic mass is 35.5. The number of rotatable bonds is 2. The summed E-state index contributed by atoms with van der Waals surface area (Å²) in [4.78, 5) is 19.3. The molecule has 3 rings (SSSR count). The monoisotopic (exact) mass is 401 g/mol. The number of fused-ring (bicyclic) bond motifs is 1. The Kier molecular flexibility index (Phi) is 7.29. The Balaban J connectivity index is 0.00000156. The molecule has 1 aromatic carbocycles. The number of carbonyl (C=O) groups is 1. The molecule has 0 radical (unpaired) electrons. The van der Waals surface area contributed by atoms with Crippen LogP contribution in [0.1, 0.15) is 43.5 Å². The van der Waals surface area contributed by atoms with Gasteiger partial charge in [-0.15, -0.1) is 36.2 Å². The number of anilines is 2. The molecule has 0 saturated carbocycles. The van der Waals surface area contributed by atoms with Crippen LogP contribution in [-0.4, -0.2) is 17.4 Å². The molecule has 7 heteroatoms. The van der Waals surface area contributed by atoms with Gasteiger partial charge in [-0.2, -0.15) is 0 Å². The molecule has 2 heterocycles. The predicted molar refractivity (Wildman–Crippen MR) is 111 cm³/mol. The first kappa shape index (κ1) is 21.7. The lowest BCUT2D eigenvalue weighted by atomic mass is 9.98. The third-order valence-electron chi connectivity index (χ3n) is 4.11. The summed E-state index contributed by atoms with van der Waals surface area (Å²) >= 11 is 1.63. The van der Waals surface area contributed by atoms with Gasteiger partial charge < -0.3 is 10.6 Å². The van der Waals surface area contributed by atoms with E-state index in [1.54, 1.807) is 11.3 Å². The summed E-state index contributed by atoms with van der Waals surface area (Å²) in [5.41, 5.74) is 9.79. The number of carbonyl (C=O) groups excluding carboxylic acids is 1. The first-order chi connectivity index (χ1) is 10.9. The van der Waals surface area contributed by atoms with E-state index in [0.717, 1.165) is 47.0 Å². The van der Waals surface area contributed by atoms with Gasteiger partial charge in [-0.3, -0.25) is 4.79 Å². The second kappa shape index (κ2) is 8.39. The van der Waals surface area contributed by atoms with Crippen molar-refractivity contribution in [2.24, 2.45) is 0 Å². The molecule has 0 bridgehead atoms. The summed E-state index contributed by atoms with van der Waals surface area (Å²) in [6, 6.07) is 5.81. The van der Waals surface area contributed by atoms with Gasteiger partial charge in [-0.1, -0.05) is 26.8 Å². The normalized spacial score (nSPS) is 13.5. The maximum atomic E-state index is 12.8. The van der Waals surface area contributed by atoms with Gasteiger partial charge in [0.15, 0.2) is 0 Å². The predicted octanol–water partition coefficient (Wildman–Crippen LogP) is 4.39. The Morgan fingerprint density at radius 3 is 2.68 bits per heavy atom. The number of nitrogens with two attached hydrogens (primary N) is 1. The average Bonchev–Trinajstić information content (AvgIpc) is 2.96. The van der Waals surface area contributed by atoms with E-state index < -0.39 is 0 Å². The van der Waals surface area contributed by atoms with Crippen molar-refractivity contribution in [3.63, 3.8) is 0 Å². The van der Waals surface area contributed by atoms with Crippen molar-refractivity contribution >= 4 is 53.4 Å². The molecule has 0 atom stereocenters. The van der Waals surface area contributed by atoms with E-state index in [0.29, 0.717) is 6.42 Å². The molecule has 4 nitrogen and oxygen atoms in total. The van der Waals surface area contributed by atoms with Crippen molar-refractivity contribution in [2.75, 3.05) is 17.2 Å². The van der Waals surface area contributed by atoms with Gasteiger partial charge in [0.2, 0.25) is 5.91 Å². The molecule has 0 saturated heterocycles. The molecule has 0 unspecified atom stereocenters. The van der Waals surface area contributed by atoms with Crippen LogP contribution in [0.25, 0.3) is 0 Å². The Bertz CT molecular complexity index is 740. The zero-order chi connectivity index (χ0) is 16.6. The van der Waals surface area contributed by atoms with E-state index in [9.17, 15) is 4.79 Å². The molecule has 138 valence electrons. The second-order valence-electron chi connectivity index (χ2n) is 7.06. The third-order valence-corrected chi connectivity index (χ3v) is 5.43. The largest absolute Gasteiger partial charge is 0.398 e. The van der Waals surface area contributed by atoms with E-state index in [1.807, 2.05) is 28.5 Å². The van der Waals surface area contributed by atoms with Gasteiger partial charge in [0.1, 0.15) is 0 Å². The summed E-state index contributed by atoms with van der Waals surface area (Å²) in [6.07, 6.45) is 2.24. The number of nitrogen functional groups attached to an aromatic ring is 1. The number of thiazole rings is 1. The first-order valence-corrected chi connectivity index (χ1v) is 8.87. The molecule has 1 aliphatic heterocycles. The lowest BCUT2D eigenvalue weighted by molar-refractivity contribution is -0.118. The standard InChI is InChI=1S/C18H23N3OS.2ClH/c1-18(2,3)17-20-12(11-23-17)10-16(22)21-9-5-6-13-14(19)7-4-8-15(13)21;;/h4,7-8,11H,5-6,9-10,19H2,1-3H3;2*1H. The molecule has 1 aliphatic rings. The summed E-state index contributed by atoms with van der Waals surface area (Å²) in [6.45, 7) is 7.18. The van der Waals surface area contributed by atoms with Gasteiger partial charge >= 0.3 is 0 Å². The second-order valence-corrected chi connectivity index (χ2v) is 7.92. The quantitative estimate of drug-likeness (QED) is 0.758. The molecule has 2 aromatic rings. The van der Waals surface area contributed by atoms with Crippen LogP contribution in [0, 0.1) is 0 Å². The maximum absolute atomic E-state index is 12.8. The summed E-state index contributed by atoms with van der Waals surface area (Å²) < 4.78 is 0. The van der Waals surface area contributed by atoms with Crippen LogP contribution in [0.5, 0.6) is 0 Å². The van der Waals surface area contributed by atoms with Crippen molar-refractivity contribution in [1.29, 1.82) is 0 Å². The minimum atomic E-state index is 0. The molecule has 2 N–H and O–H groups in total. The summed E-state index contributed by atoms with van der Waals surface area (Å²) in [7, 11) is 0. The van der Waals surface area contributed by atoms with Crippen LogP contribution in [0.3, 0.4) is 0 Å². The number of hydrogen-bond acceptors (Lipinski definition) is 4. The van der Waals surface area contributed by atoms with Gasteiger partial charge in [0.05, 0.1) is 17.1 Å². The van der Waals surface area contributed by atoms with Crippen LogP contribution in [0.2, 0.25) is 0 Å². The molecular formula is C18H25Cl2N3OS. The number of halogens is 2. The summed E-state index contributed by atoms with van der Waals surface area (Å²) in [5.74, 6) is 0.0994. The lowest BCUT2D eigenvalue weighted by Gasteiger charge is -2.30. The van der Waals surface area contributed by atoms with Gasteiger partial charge in [0.25, 0.3) is 0 Å². The molecule has 1 amide bonds. The molecular weight excluding hydrogens is 377 g/mol. The minimum absolute atomic E-state index is 0. The maximum Gasteiger partial charge on any atom is 0.233 e. The van der Waals surface area contributed by atoms with Crippen LogP contribution in [0.15, 0.2) is 23.6 Å². The highest BCUT2D eigenvalue weighted by Gasteiger charge is 2.25. The van der Waals surface area contributed by atoms with Gasteiger partial charge in [0, 0.05) is 28.7 Å². The lowest BCUT2D eigenvalue weighted by Crippen LogP contribution is -2.36. The fourth-order valence-corrected chi connectivity index (χ4v) is 3.80. The van der Waals surface area contributed by atoms with E-state index in [-0.39, 0.29) is 36.1 Å². The minimum Gasteiger partial charge on any atom is -0.398 e. The third kappa shape index (κ3) is 4.66. The van der Waals surface area contributed by atoms with Crippen molar-refractivity contribution in [3.8, 4) is 0 Å². The van der Waals surface area contributed by atoms with Crippen LogP contribution in [-0.2, 0) is 23.1 Å².